The van der Waals surface area contributed by atoms with Gasteiger partial charge in [0.2, 0.25) is 0 Å². The first-order chi connectivity index (χ1) is 8.11. The van der Waals surface area contributed by atoms with Gasteiger partial charge in [-0.3, -0.25) is 0 Å². The Bertz CT molecular complexity index is 508. The highest BCUT2D eigenvalue weighted by Gasteiger charge is 2.13. The minimum absolute atomic E-state index is 0.447. The van der Waals surface area contributed by atoms with E-state index < -0.39 is 0 Å². The predicted octanol–water partition coefficient (Wildman–Crippen LogP) is 2.26. The van der Waals surface area contributed by atoms with E-state index in [0.29, 0.717) is 16.8 Å². The molecule has 0 unspecified atom stereocenters. The first kappa shape index (κ1) is 12.1. The molecule has 0 atom stereocenters. The summed E-state index contributed by atoms with van der Waals surface area (Å²) < 4.78 is 1.72. The number of anilines is 1. The second-order valence-electron chi connectivity index (χ2n) is 4.34. The summed E-state index contributed by atoms with van der Waals surface area (Å²) in [5, 5.41) is 4.63. The summed E-state index contributed by atoms with van der Waals surface area (Å²) in [6.07, 6.45) is 1.49. The van der Waals surface area contributed by atoms with Gasteiger partial charge in [-0.1, -0.05) is 25.4 Å². The molecule has 0 saturated heterocycles. The fourth-order valence-corrected chi connectivity index (χ4v) is 1.99. The molecule has 92 valence electrons. The molecule has 2 aromatic heterocycles. The molecule has 2 heterocycles. The first-order valence-electron chi connectivity index (χ1n) is 5.73. The number of fused-ring (bicyclic) bond motifs is 1. The third-order valence-electron chi connectivity index (χ3n) is 2.49. The van der Waals surface area contributed by atoms with Crippen LogP contribution < -0.4 is 4.90 Å². The second kappa shape index (κ2) is 4.87. The minimum Gasteiger partial charge on any atom is -0.356 e. The normalized spacial score (nSPS) is 11.4. The van der Waals surface area contributed by atoms with Crippen LogP contribution in [0.3, 0.4) is 0 Å². The monoisotopic (exact) mass is 253 g/mol. The SMILES string of the molecule is CCN(CC(C)C)c1cc(Cl)nc2ncnn12. The number of hydrogen-bond acceptors (Lipinski definition) is 4. The molecule has 6 heteroatoms. The summed E-state index contributed by atoms with van der Waals surface area (Å²) in [6, 6.07) is 1.83. The summed E-state index contributed by atoms with van der Waals surface area (Å²) in [7, 11) is 0. The van der Waals surface area contributed by atoms with Crippen molar-refractivity contribution in [3.05, 3.63) is 17.5 Å². The fourth-order valence-electron chi connectivity index (χ4n) is 1.82. The lowest BCUT2D eigenvalue weighted by Gasteiger charge is -2.25. The zero-order valence-electron chi connectivity index (χ0n) is 10.3. The highest BCUT2D eigenvalue weighted by molar-refractivity contribution is 6.29. The third-order valence-corrected chi connectivity index (χ3v) is 2.69. The van der Waals surface area contributed by atoms with Crippen LogP contribution >= 0.6 is 11.6 Å². The third kappa shape index (κ3) is 2.49. The average Bonchev–Trinajstić information content (AvgIpc) is 2.72. The lowest BCUT2D eigenvalue weighted by atomic mass is 10.2. The fraction of sp³-hybridized carbons (Fsp3) is 0.545. The van der Waals surface area contributed by atoms with E-state index in [1.807, 2.05) is 6.07 Å². The van der Waals surface area contributed by atoms with Crippen LogP contribution in [0.5, 0.6) is 0 Å². The van der Waals surface area contributed by atoms with Crippen molar-refractivity contribution >= 4 is 23.2 Å². The van der Waals surface area contributed by atoms with Gasteiger partial charge in [0.1, 0.15) is 17.3 Å². The van der Waals surface area contributed by atoms with E-state index in [2.05, 4.69) is 40.7 Å². The van der Waals surface area contributed by atoms with E-state index in [4.69, 9.17) is 11.6 Å². The van der Waals surface area contributed by atoms with Crippen LogP contribution in [0.2, 0.25) is 5.15 Å². The highest BCUT2D eigenvalue weighted by atomic mass is 35.5. The Labute approximate surface area is 105 Å². The van der Waals surface area contributed by atoms with E-state index >= 15 is 0 Å². The molecule has 0 bridgehead atoms. The maximum Gasteiger partial charge on any atom is 0.255 e. The molecule has 0 aromatic carbocycles. The van der Waals surface area contributed by atoms with Crippen molar-refractivity contribution in [1.82, 2.24) is 19.6 Å². The second-order valence-corrected chi connectivity index (χ2v) is 4.73. The van der Waals surface area contributed by atoms with Crippen molar-refractivity contribution in [2.75, 3.05) is 18.0 Å². The number of halogens is 1. The molecule has 2 rings (SSSR count). The maximum absolute atomic E-state index is 6.00. The standard InChI is InChI=1S/C11H16ClN5/c1-4-16(6-8(2)3)10-5-9(12)15-11-13-7-14-17(10)11/h5,7-8H,4,6H2,1-3H3. The van der Waals surface area contributed by atoms with Gasteiger partial charge in [-0.2, -0.15) is 19.6 Å². The van der Waals surface area contributed by atoms with Gasteiger partial charge in [0, 0.05) is 19.2 Å². The van der Waals surface area contributed by atoms with Crippen LogP contribution in [0.1, 0.15) is 20.8 Å². The van der Waals surface area contributed by atoms with Crippen molar-refractivity contribution in [2.45, 2.75) is 20.8 Å². The van der Waals surface area contributed by atoms with E-state index in [1.54, 1.807) is 4.52 Å². The molecule has 0 aliphatic rings. The Morgan fingerprint density at radius 1 is 1.47 bits per heavy atom. The van der Waals surface area contributed by atoms with Crippen LogP contribution in [0.4, 0.5) is 5.82 Å². The van der Waals surface area contributed by atoms with Crippen LogP contribution in [0.15, 0.2) is 12.4 Å². The Morgan fingerprint density at radius 3 is 2.88 bits per heavy atom. The van der Waals surface area contributed by atoms with E-state index in [1.165, 1.54) is 6.33 Å². The zero-order valence-corrected chi connectivity index (χ0v) is 11.0. The van der Waals surface area contributed by atoms with Gasteiger partial charge in [-0.05, 0) is 12.8 Å². The van der Waals surface area contributed by atoms with Gasteiger partial charge < -0.3 is 4.90 Å². The maximum atomic E-state index is 6.00. The average molecular weight is 254 g/mol. The highest BCUT2D eigenvalue weighted by Crippen LogP contribution is 2.19. The van der Waals surface area contributed by atoms with Gasteiger partial charge >= 0.3 is 0 Å². The zero-order chi connectivity index (χ0) is 12.4. The first-order valence-corrected chi connectivity index (χ1v) is 6.10. The van der Waals surface area contributed by atoms with Crippen LogP contribution in [0.25, 0.3) is 5.78 Å². The summed E-state index contributed by atoms with van der Waals surface area (Å²) in [5.74, 6) is 2.05. The molecule has 0 N–H and O–H groups in total. The topological polar surface area (TPSA) is 46.3 Å². The molecule has 5 nitrogen and oxygen atoms in total. The van der Waals surface area contributed by atoms with Crippen LogP contribution in [0, 0.1) is 5.92 Å². The van der Waals surface area contributed by atoms with Crippen molar-refractivity contribution in [1.29, 1.82) is 0 Å². The summed E-state index contributed by atoms with van der Waals surface area (Å²) in [5.41, 5.74) is 0. The largest absolute Gasteiger partial charge is 0.356 e. The molecule has 0 spiro atoms. The summed E-state index contributed by atoms with van der Waals surface area (Å²) in [6.45, 7) is 8.33. The Kier molecular flexibility index (Phi) is 3.47. The molecule has 0 amide bonds. The van der Waals surface area contributed by atoms with Gasteiger partial charge in [0.25, 0.3) is 5.78 Å². The Balaban J connectivity index is 2.47. The van der Waals surface area contributed by atoms with Crippen LogP contribution in [-0.2, 0) is 0 Å². The Morgan fingerprint density at radius 2 is 2.24 bits per heavy atom. The quantitative estimate of drug-likeness (QED) is 0.785. The lowest BCUT2D eigenvalue weighted by Crippen LogP contribution is -2.29. The molecular weight excluding hydrogens is 238 g/mol. The number of aromatic nitrogens is 4. The van der Waals surface area contributed by atoms with Crippen molar-refractivity contribution < 1.29 is 0 Å². The molecule has 0 saturated carbocycles. The lowest BCUT2D eigenvalue weighted by molar-refractivity contribution is 0.609. The predicted molar refractivity (Wildman–Crippen MR) is 68.5 cm³/mol. The molecule has 17 heavy (non-hydrogen) atoms. The van der Waals surface area contributed by atoms with E-state index in [0.717, 1.165) is 18.9 Å². The molecule has 0 fully saturated rings. The van der Waals surface area contributed by atoms with Crippen molar-refractivity contribution in [2.24, 2.45) is 5.92 Å². The van der Waals surface area contributed by atoms with Crippen molar-refractivity contribution in [3.8, 4) is 0 Å². The number of hydrogen-bond donors (Lipinski definition) is 0. The van der Waals surface area contributed by atoms with Gasteiger partial charge in [-0.25, -0.2) is 0 Å². The van der Waals surface area contributed by atoms with Gasteiger partial charge in [0.15, 0.2) is 0 Å². The van der Waals surface area contributed by atoms with Gasteiger partial charge in [-0.15, -0.1) is 0 Å². The van der Waals surface area contributed by atoms with Crippen LogP contribution in [-0.4, -0.2) is 32.7 Å². The molecule has 0 radical (unpaired) electrons. The number of nitrogens with zero attached hydrogens (tertiary/aromatic N) is 5. The van der Waals surface area contributed by atoms with Gasteiger partial charge in [0.05, 0.1) is 0 Å². The molecule has 0 aliphatic heterocycles. The summed E-state index contributed by atoms with van der Waals surface area (Å²) in [4.78, 5) is 10.4. The molecule has 2 aromatic rings. The minimum atomic E-state index is 0.447. The number of rotatable bonds is 4. The smallest absolute Gasteiger partial charge is 0.255 e. The molecular formula is C11H16ClN5. The van der Waals surface area contributed by atoms with E-state index in [-0.39, 0.29) is 0 Å². The Hall–Kier alpha value is -1.36. The summed E-state index contributed by atoms with van der Waals surface area (Å²) >= 11 is 6.00. The van der Waals surface area contributed by atoms with Crippen molar-refractivity contribution in [3.63, 3.8) is 0 Å². The molecule has 0 aliphatic carbocycles. The van der Waals surface area contributed by atoms with E-state index in [9.17, 15) is 0 Å².